The van der Waals surface area contributed by atoms with Gasteiger partial charge in [0.15, 0.2) is 0 Å². The van der Waals surface area contributed by atoms with Crippen LogP contribution in [0.25, 0.3) is 6.08 Å². The molecule has 0 bridgehead atoms. The maximum absolute atomic E-state index is 13.1. The zero-order valence-electron chi connectivity index (χ0n) is 17.8. The molecule has 6 heteroatoms. The van der Waals surface area contributed by atoms with Crippen LogP contribution >= 0.6 is 11.6 Å². The van der Waals surface area contributed by atoms with Crippen LogP contribution in [0.2, 0.25) is 5.02 Å². The first-order valence-corrected chi connectivity index (χ1v) is 10.6. The SMILES string of the molecule is CC1CN(Cc2ccc(F)cc2)CCN1C(=O)/C=C/c1ccc(Cl)cc1CN(C)C. The minimum atomic E-state index is -0.219. The van der Waals surface area contributed by atoms with E-state index in [9.17, 15) is 9.18 Å². The van der Waals surface area contributed by atoms with E-state index in [1.807, 2.05) is 55.4 Å². The van der Waals surface area contributed by atoms with Crippen molar-refractivity contribution in [3.05, 3.63) is 76.1 Å². The summed E-state index contributed by atoms with van der Waals surface area (Å²) >= 11 is 6.14. The fourth-order valence-electron chi connectivity index (χ4n) is 3.82. The lowest BCUT2D eigenvalue weighted by Crippen LogP contribution is -2.53. The second-order valence-electron chi connectivity index (χ2n) is 8.16. The highest BCUT2D eigenvalue weighted by atomic mass is 35.5. The predicted molar refractivity (Wildman–Crippen MR) is 121 cm³/mol. The third-order valence-electron chi connectivity index (χ3n) is 5.31. The number of rotatable bonds is 6. The van der Waals surface area contributed by atoms with E-state index in [0.717, 1.165) is 42.9 Å². The van der Waals surface area contributed by atoms with Crippen molar-refractivity contribution >= 4 is 23.6 Å². The summed E-state index contributed by atoms with van der Waals surface area (Å²) < 4.78 is 13.1. The monoisotopic (exact) mass is 429 g/mol. The van der Waals surface area contributed by atoms with Crippen LogP contribution in [-0.4, -0.2) is 60.4 Å². The largest absolute Gasteiger partial charge is 0.334 e. The van der Waals surface area contributed by atoms with E-state index in [-0.39, 0.29) is 17.8 Å². The predicted octanol–water partition coefficient (Wildman–Crippen LogP) is 4.29. The lowest BCUT2D eigenvalue weighted by atomic mass is 10.1. The number of hydrogen-bond acceptors (Lipinski definition) is 3. The first kappa shape index (κ1) is 22.5. The average Bonchev–Trinajstić information content (AvgIpc) is 2.68. The van der Waals surface area contributed by atoms with Gasteiger partial charge in [0.2, 0.25) is 5.91 Å². The van der Waals surface area contributed by atoms with E-state index in [2.05, 4.69) is 16.7 Å². The highest BCUT2D eigenvalue weighted by Crippen LogP contribution is 2.20. The van der Waals surface area contributed by atoms with Crippen molar-refractivity contribution in [3.63, 3.8) is 0 Å². The molecule has 0 N–H and O–H groups in total. The van der Waals surface area contributed by atoms with Gasteiger partial charge in [-0.2, -0.15) is 0 Å². The number of carbonyl (C=O) groups is 1. The Bertz CT molecular complexity index is 898. The summed E-state index contributed by atoms with van der Waals surface area (Å²) in [5.74, 6) is -0.196. The molecule has 1 aliphatic rings. The molecule has 4 nitrogen and oxygen atoms in total. The van der Waals surface area contributed by atoms with Gasteiger partial charge in [-0.15, -0.1) is 0 Å². The van der Waals surface area contributed by atoms with Gasteiger partial charge < -0.3 is 9.80 Å². The molecule has 3 rings (SSSR count). The molecule has 1 unspecified atom stereocenters. The molecule has 1 heterocycles. The van der Waals surface area contributed by atoms with Crippen LogP contribution in [0.15, 0.2) is 48.5 Å². The van der Waals surface area contributed by atoms with Gasteiger partial charge in [-0.05, 0) is 68.1 Å². The van der Waals surface area contributed by atoms with Gasteiger partial charge in [0.25, 0.3) is 0 Å². The molecular formula is C24H29ClFN3O. The maximum atomic E-state index is 13.1. The summed E-state index contributed by atoms with van der Waals surface area (Å²) in [6.07, 6.45) is 3.55. The molecule has 30 heavy (non-hydrogen) atoms. The normalized spacial score (nSPS) is 17.8. The summed E-state index contributed by atoms with van der Waals surface area (Å²) in [4.78, 5) is 19.1. The van der Waals surface area contributed by atoms with Crippen LogP contribution < -0.4 is 0 Å². The molecule has 0 saturated carbocycles. The standard InChI is InChI=1S/C24H29ClFN3O/c1-18-15-28(16-19-4-9-23(26)10-5-19)12-13-29(18)24(30)11-7-20-6-8-22(25)14-21(20)17-27(2)3/h4-11,14,18H,12-13,15-17H2,1-3H3/b11-7+. The van der Waals surface area contributed by atoms with E-state index in [1.54, 1.807) is 6.08 Å². The van der Waals surface area contributed by atoms with Crippen LogP contribution in [0.1, 0.15) is 23.6 Å². The first-order chi connectivity index (χ1) is 14.3. The lowest BCUT2D eigenvalue weighted by molar-refractivity contribution is -0.130. The average molecular weight is 430 g/mol. The molecule has 1 atom stereocenters. The molecule has 1 saturated heterocycles. The van der Waals surface area contributed by atoms with Gasteiger partial charge in [0.05, 0.1) is 0 Å². The topological polar surface area (TPSA) is 26.8 Å². The number of nitrogens with zero attached hydrogens (tertiary/aromatic N) is 3. The first-order valence-electron chi connectivity index (χ1n) is 10.2. The third kappa shape index (κ3) is 6.14. The maximum Gasteiger partial charge on any atom is 0.246 e. The molecular weight excluding hydrogens is 401 g/mol. The van der Waals surface area contributed by atoms with Crippen LogP contribution in [0, 0.1) is 5.82 Å². The summed E-state index contributed by atoms with van der Waals surface area (Å²) in [7, 11) is 4.01. The van der Waals surface area contributed by atoms with Crippen molar-refractivity contribution in [2.24, 2.45) is 0 Å². The summed E-state index contributed by atoms with van der Waals surface area (Å²) in [5.41, 5.74) is 3.18. The minimum absolute atomic E-state index is 0.0229. The third-order valence-corrected chi connectivity index (χ3v) is 5.55. The van der Waals surface area contributed by atoms with E-state index >= 15 is 0 Å². The Labute approximate surface area is 183 Å². The van der Waals surface area contributed by atoms with E-state index in [1.165, 1.54) is 12.1 Å². The van der Waals surface area contributed by atoms with Gasteiger partial charge >= 0.3 is 0 Å². The van der Waals surface area contributed by atoms with Gasteiger partial charge in [-0.1, -0.05) is 29.8 Å². The molecule has 0 aliphatic carbocycles. The second-order valence-corrected chi connectivity index (χ2v) is 8.59. The number of hydrogen-bond donors (Lipinski definition) is 0. The number of halogens is 2. The smallest absolute Gasteiger partial charge is 0.246 e. The minimum Gasteiger partial charge on any atom is -0.334 e. The molecule has 0 aromatic heterocycles. The highest BCUT2D eigenvalue weighted by molar-refractivity contribution is 6.30. The van der Waals surface area contributed by atoms with Crippen molar-refractivity contribution in [1.82, 2.24) is 14.7 Å². The lowest BCUT2D eigenvalue weighted by Gasteiger charge is -2.39. The molecule has 0 spiro atoms. The number of piperazine rings is 1. The zero-order valence-corrected chi connectivity index (χ0v) is 18.6. The Balaban J connectivity index is 1.61. The van der Waals surface area contributed by atoms with Gasteiger partial charge in [-0.25, -0.2) is 4.39 Å². The summed E-state index contributed by atoms with van der Waals surface area (Å²) in [6, 6.07) is 12.5. The van der Waals surface area contributed by atoms with Crippen molar-refractivity contribution in [3.8, 4) is 0 Å². The molecule has 2 aromatic rings. The Morgan fingerprint density at radius 1 is 1.20 bits per heavy atom. The van der Waals surface area contributed by atoms with E-state index in [4.69, 9.17) is 11.6 Å². The van der Waals surface area contributed by atoms with Gasteiger partial charge in [0.1, 0.15) is 5.82 Å². The fourth-order valence-corrected chi connectivity index (χ4v) is 4.02. The van der Waals surface area contributed by atoms with Crippen molar-refractivity contribution in [2.75, 3.05) is 33.7 Å². The van der Waals surface area contributed by atoms with Crippen molar-refractivity contribution in [1.29, 1.82) is 0 Å². The number of benzene rings is 2. The Kier molecular flexibility index (Phi) is 7.64. The molecule has 1 amide bonds. The second kappa shape index (κ2) is 10.2. The van der Waals surface area contributed by atoms with Gasteiger partial charge in [-0.3, -0.25) is 9.69 Å². The molecule has 160 valence electrons. The van der Waals surface area contributed by atoms with Crippen LogP contribution in [0.5, 0.6) is 0 Å². The Hall–Kier alpha value is -2.21. The summed E-state index contributed by atoms with van der Waals surface area (Å²) in [5, 5.41) is 0.696. The van der Waals surface area contributed by atoms with Crippen LogP contribution in [0.3, 0.4) is 0 Å². The molecule has 1 fully saturated rings. The van der Waals surface area contributed by atoms with Crippen LogP contribution in [0.4, 0.5) is 4.39 Å². The molecule has 1 aliphatic heterocycles. The molecule has 0 radical (unpaired) electrons. The van der Waals surface area contributed by atoms with Crippen LogP contribution in [-0.2, 0) is 17.9 Å². The fraction of sp³-hybridized carbons (Fsp3) is 0.375. The van der Waals surface area contributed by atoms with Crippen molar-refractivity contribution < 1.29 is 9.18 Å². The quantitative estimate of drug-likeness (QED) is 0.641. The summed E-state index contributed by atoms with van der Waals surface area (Å²) in [6.45, 7) is 5.87. The van der Waals surface area contributed by atoms with Crippen molar-refractivity contribution in [2.45, 2.75) is 26.1 Å². The molecule has 2 aromatic carbocycles. The number of amides is 1. The van der Waals surface area contributed by atoms with E-state index in [0.29, 0.717) is 11.6 Å². The Morgan fingerprint density at radius 2 is 1.93 bits per heavy atom. The number of carbonyl (C=O) groups excluding carboxylic acids is 1. The zero-order chi connectivity index (χ0) is 21.7. The van der Waals surface area contributed by atoms with E-state index < -0.39 is 0 Å². The van der Waals surface area contributed by atoms with Gasteiger partial charge in [0, 0.05) is 49.9 Å². The highest BCUT2D eigenvalue weighted by Gasteiger charge is 2.26. The Morgan fingerprint density at radius 3 is 2.60 bits per heavy atom.